The van der Waals surface area contributed by atoms with E-state index in [4.69, 9.17) is 9.47 Å². The Morgan fingerprint density at radius 2 is 0.833 bits per heavy atom. The third kappa shape index (κ3) is 39.3. The molecule has 0 aromatic rings. The van der Waals surface area contributed by atoms with Gasteiger partial charge >= 0.3 is 11.9 Å². The van der Waals surface area contributed by atoms with E-state index in [1.54, 1.807) is 0 Å². The number of carbonyl (C=O) groups is 2. The van der Waals surface area contributed by atoms with Crippen molar-refractivity contribution in [1.29, 1.82) is 0 Å². The van der Waals surface area contributed by atoms with Crippen LogP contribution in [0.5, 0.6) is 0 Å². The summed E-state index contributed by atoms with van der Waals surface area (Å²) in [5.74, 6) is -0.350. The van der Waals surface area contributed by atoms with Gasteiger partial charge in [-0.25, -0.2) is 0 Å². The maximum Gasteiger partial charge on any atom is 0.306 e. The fourth-order valence-corrected chi connectivity index (χ4v) is 5.92. The summed E-state index contributed by atoms with van der Waals surface area (Å²) in [4.78, 5) is 24.9. The van der Waals surface area contributed by atoms with Crippen LogP contribution >= 0.6 is 0 Å². The molecule has 1 unspecified atom stereocenters. The van der Waals surface area contributed by atoms with Gasteiger partial charge in [0.05, 0.1) is 21.1 Å². The highest BCUT2D eigenvalue weighted by atomic mass is 79.9. The smallest absolute Gasteiger partial charge is 0.306 e. The summed E-state index contributed by atoms with van der Waals surface area (Å²) in [5.41, 5.74) is 0. The Morgan fingerprint density at radius 1 is 0.500 bits per heavy atom. The summed E-state index contributed by atoms with van der Waals surface area (Å²) >= 11 is 0. The molecule has 0 bridgehead atoms. The molecule has 284 valence electrons. The van der Waals surface area contributed by atoms with E-state index in [9.17, 15) is 9.59 Å². The van der Waals surface area contributed by atoms with Crippen LogP contribution in [0.3, 0.4) is 0 Å². The zero-order chi connectivity index (χ0) is 34.7. The van der Waals surface area contributed by atoms with Crippen molar-refractivity contribution in [3.05, 3.63) is 24.3 Å². The first-order chi connectivity index (χ1) is 22.8. The molecule has 0 aromatic heterocycles. The molecule has 0 aliphatic heterocycles. The fourth-order valence-electron chi connectivity index (χ4n) is 5.92. The van der Waals surface area contributed by atoms with Gasteiger partial charge in [0.2, 0.25) is 0 Å². The van der Waals surface area contributed by atoms with Gasteiger partial charge in [0, 0.05) is 12.8 Å². The van der Waals surface area contributed by atoms with Gasteiger partial charge in [-0.2, -0.15) is 0 Å². The number of carbonyl (C=O) groups excluding carboxylic acids is 2. The molecule has 0 fully saturated rings. The lowest BCUT2D eigenvalue weighted by molar-refractivity contribution is -0.873. The Hall–Kier alpha value is -1.14. The molecule has 0 heterocycles. The third-order valence-electron chi connectivity index (χ3n) is 8.77. The van der Waals surface area contributed by atoms with Crippen molar-refractivity contribution in [3.63, 3.8) is 0 Å². The fraction of sp³-hybridized carbons (Fsp3) is 0.857. The van der Waals surface area contributed by atoms with Crippen LogP contribution in [-0.4, -0.2) is 56.8 Å². The van der Waals surface area contributed by atoms with E-state index in [0.717, 1.165) is 38.5 Å². The lowest BCUT2D eigenvalue weighted by Crippen LogP contribution is -3.00. The largest absolute Gasteiger partial charge is 1.00 e. The molecule has 0 radical (unpaired) electrons. The Kier molecular flexibility index (Phi) is 37.9. The van der Waals surface area contributed by atoms with Crippen molar-refractivity contribution in [2.45, 2.75) is 200 Å². The van der Waals surface area contributed by atoms with Crippen LogP contribution in [0.1, 0.15) is 194 Å². The lowest BCUT2D eigenvalue weighted by atomic mass is 10.1. The monoisotopic (exact) mass is 742 g/mol. The molecule has 0 aliphatic carbocycles. The molecule has 0 aromatic carbocycles. The molecule has 0 N–H and O–H groups in total. The second kappa shape index (κ2) is 37.1. The number of rotatable bonds is 35. The Balaban J connectivity index is 0. The summed E-state index contributed by atoms with van der Waals surface area (Å²) in [7, 11) is 6.20. The van der Waals surface area contributed by atoms with Crippen LogP contribution in [0.4, 0.5) is 0 Å². The van der Waals surface area contributed by atoms with Crippen molar-refractivity contribution in [2.24, 2.45) is 0 Å². The summed E-state index contributed by atoms with van der Waals surface area (Å²) in [5, 5.41) is 0. The van der Waals surface area contributed by atoms with Gasteiger partial charge in [0.15, 0.2) is 6.10 Å². The predicted octanol–water partition coefficient (Wildman–Crippen LogP) is 9.23. The van der Waals surface area contributed by atoms with Gasteiger partial charge in [-0.3, -0.25) is 9.59 Å². The van der Waals surface area contributed by atoms with Crippen LogP contribution in [0, 0.1) is 0 Å². The summed E-state index contributed by atoms with van der Waals surface area (Å²) in [6, 6.07) is 0. The standard InChI is InChI=1S/C42H80NO4.BrH/c1-6-8-10-12-14-16-18-20-22-24-26-28-30-32-34-36-41(44)46-39-40(38-43(3,4)5)47-42(45)37-35-33-31-29-27-25-23-21-19-17-15-13-11-9-7-2;/h20-23,40H,6-19,24-39H2,1-5H3;1H/q+1;/p-1/b22-20-,23-21-;. The van der Waals surface area contributed by atoms with Crippen molar-refractivity contribution >= 4 is 11.9 Å². The quantitative estimate of drug-likeness (QED) is 0.0281. The highest BCUT2D eigenvalue weighted by molar-refractivity contribution is 5.70. The van der Waals surface area contributed by atoms with Crippen LogP contribution in [-0.2, 0) is 19.1 Å². The first-order valence-electron chi connectivity index (χ1n) is 20.2. The first kappa shape index (κ1) is 49.0. The number of hydrogen-bond donors (Lipinski definition) is 0. The number of nitrogens with zero attached hydrogens (tertiary/aromatic N) is 1. The Bertz CT molecular complexity index is 761. The number of esters is 2. The second-order valence-corrected chi connectivity index (χ2v) is 14.9. The minimum atomic E-state index is -0.399. The molecule has 5 nitrogen and oxygen atoms in total. The van der Waals surface area contributed by atoms with Gasteiger partial charge in [0.25, 0.3) is 0 Å². The zero-order valence-electron chi connectivity index (χ0n) is 32.6. The number of unbranched alkanes of at least 4 members (excludes halogenated alkanes) is 22. The van der Waals surface area contributed by atoms with Crippen molar-refractivity contribution in [2.75, 3.05) is 34.3 Å². The van der Waals surface area contributed by atoms with Crippen molar-refractivity contribution in [3.8, 4) is 0 Å². The normalized spacial score (nSPS) is 12.4. The molecule has 0 amide bonds. The minimum Gasteiger partial charge on any atom is -1.00 e. The molecule has 0 saturated heterocycles. The number of hydrogen-bond acceptors (Lipinski definition) is 4. The average Bonchev–Trinajstić information content (AvgIpc) is 3.03. The molecular weight excluding hydrogens is 662 g/mol. The Labute approximate surface area is 309 Å². The maximum atomic E-state index is 12.6. The first-order valence-corrected chi connectivity index (χ1v) is 20.2. The number of ether oxygens (including phenoxy) is 2. The van der Waals surface area contributed by atoms with E-state index >= 15 is 0 Å². The average molecular weight is 743 g/mol. The molecule has 0 aliphatic rings. The molecule has 48 heavy (non-hydrogen) atoms. The van der Waals surface area contributed by atoms with Gasteiger partial charge in [0.1, 0.15) is 13.2 Å². The van der Waals surface area contributed by atoms with E-state index in [1.807, 2.05) is 0 Å². The number of allylic oxidation sites excluding steroid dienone is 4. The maximum absolute atomic E-state index is 12.6. The highest BCUT2D eigenvalue weighted by Gasteiger charge is 2.23. The number of likely N-dealkylation sites (N-methyl/N-ethyl adjacent to an activating group) is 1. The van der Waals surface area contributed by atoms with Crippen LogP contribution in [0.15, 0.2) is 24.3 Å². The van der Waals surface area contributed by atoms with Crippen LogP contribution < -0.4 is 17.0 Å². The van der Waals surface area contributed by atoms with Crippen molar-refractivity contribution < 1.29 is 40.5 Å². The molecule has 0 saturated carbocycles. The SMILES string of the molecule is CCCCCCCC/C=C\CCCCCCCC(=O)OCC(C[N+](C)(C)C)OC(=O)CCCCCCC/C=C\CCCCCCCC.[Br-]. The van der Waals surface area contributed by atoms with Crippen molar-refractivity contribution in [1.82, 2.24) is 0 Å². The van der Waals surface area contributed by atoms with Gasteiger partial charge < -0.3 is 30.9 Å². The number of halogens is 1. The number of quaternary nitrogens is 1. The zero-order valence-corrected chi connectivity index (χ0v) is 34.1. The summed E-state index contributed by atoms with van der Waals surface area (Å²) < 4.78 is 12.0. The molecule has 0 rings (SSSR count). The van der Waals surface area contributed by atoms with Gasteiger partial charge in [-0.05, 0) is 64.2 Å². The minimum absolute atomic E-state index is 0. The molecule has 0 spiro atoms. The van der Waals surface area contributed by atoms with Gasteiger partial charge in [-0.1, -0.05) is 141 Å². The Morgan fingerprint density at radius 3 is 1.21 bits per heavy atom. The van der Waals surface area contributed by atoms with E-state index in [-0.39, 0.29) is 35.5 Å². The molecule has 6 heteroatoms. The third-order valence-corrected chi connectivity index (χ3v) is 8.77. The van der Waals surface area contributed by atoms with E-state index in [0.29, 0.717) is 23.9 Å². The van der Waals surface area contributed by atoms with Gasteiger partial charge in [-0.15, -0.1) is 0 Å². The summed E-state index contributed by atoms with van der Waals surface area (Å²) in [6.45, 7) is 5.31. The van der Waals surface area contributed by atoms with Crippen LogP contribution in [0.25, 0.3) is 0 Å². The lowest BCUT2D eigenvalue weighted by Gasteiger charge is -2.28. The molecule has 1 atom stereocenters. The predicted molar refractivity (Wildman–Crippen MR) is 203 cm³/mol. The van der Waals surface area contributed by atoms with E-state index in [2.05, 4.69) is 59.3 Å². The van der Waals surface area contributed by atoms with Crippen LogP contribution in [0.2, 0.25) is 0 Å². The van der Waals surface area contributed by atoms with E-state index < -0.39 is 6.10 Å². The topological polar surface area (TPSA) is 52.6 Å². The second-order valence-electron chi connectivity index (χ2n) is 14.9. The van der Waals surface area contributed by atoms with E-state index in [1.165, 1.54) is 128 Å². The summed E-state index contributed by atoms with van der Waals surface area (Å²) in [6.07, 6.45) is 42.1. The molecular formula is C42H80BrNO4. The highest BCUT2D eigenvalue weighted by Crippen LogP contribution is 2.13.